The maximum Gasteiger partial charge on any atom is 0.326 e. The minimum Gasteiger partial charge on any atom is -0.481 e. The van der Waals surface area contributed by atoms with Gasteiger partial charge in [0.05, 0.1) is 12.6 Å². The molecule has 0 saturated heterocycles. The number of aliphatic imine (C=N–C) groups is 1. The first-order chi connectivity index (χ1) is 16.3. The van der Waals surface area contributed by atoms with Crippen molar-refractivity contribution in [1.82, 2.24) is 16.0 Å². The molecular formula is C20H37N7O8. The van der Waals surface area contributed by atoms with Gasteiger partial charge in [-0.1, -0.05) is 20.3 Å². The van der Waals surface area contributed by atoms with Crippen molar-refractivity contribution in [3.63, 3.8) is 0 Å². The lowest BCUT2D eigenvalue weighted by Crippen LogP contribution is -2.59. The maximum absolute atomic E-state index is 12.8. The summed E-state index contributed by atoms with van der Waals surface area (Å²) in [6.07, 6.45) is 0.235. The molecule has 15 heteroatoms. The first-order valence-corrected chi connectivity index (χ1v) is 11.1. The third kappa shape index (κ3) is 12.5. The molecule has 5 atom stereocenters. The molecule has 0 heterocycles. The molecule has 0 spiro atoms. The van der Waals surface area contributed by atoms with Crippen LogP contribution in [0.4, 0.5) is 0 Å². The van der Waals surface area contributed by atoms with Crippen molar-refractivity contribution in [2.75, 3.05) is 13.2 Å². The van der Waals surface area contributed by atoms with E-state index in [1.165, 1.54) is 0 Å². The van der Waals surface area contributed by atoms with E-state index in [1.54, 1.807) is 13.8 Å². The van der Waals surface area contributed by atoms with Crippen LogP contribution in [-0.4, -0.2) is 88.3 Å². The molecule has 0 aromatic carbocycles. The van der Waals surface area contributed by atoms with E-state index in [2.05, 4.69) is 20.9 Å². The highest BCUT2D eigenvalue weighted by Crippen LogP contribution is 2.10. The predicted molar refractivity (Wildman–Crippen MR) is 125 cm³/mol. The fraction of sp³-hybridized carbons (Fsp3) is 0.700. The molecule has 200 valence electrons. The van der Waals surface area contributed by atoms with Crippen molar-refractivity contribution in [2.45, 2.75) is 70.1 Å². The van der Waals surface area contributed by atoms with Crippen LogP contribution in [0.1, 0.15) is 46.0 Å². The van der Waals surface area contributed by atoms with Crippen LogP contribution in [0.2, 0.25) is 0 Å². The average Bonchev–Trinajstić information content (AvgIpc) is 2.79. The summed E-state index contributed by atoms with van der Waals surface area (Å²) in [6, 6.07) is -5.12. The molecule has 0 rings (SSSR count). The lowest BCUT2D eigenvalue weighted by Gasteiger charge is -2.27. The molecule has 35 heavy (non-hydrogen) atoms. The quantitative estimate of drug-likeness (QED) is 0.0541. The van der Waals surface area contributed by atoms with Gasteiger partial charge in [-0.15, -0.1) is 0 Å². The molecule has 0 unspecified atom stereocenters. The Kier molecular flexibility index (Phi) is 14.6. The smallest absolute Gasteiger partial charge is 0.326 e. The number of nitrogens with zero attached hydrogens (tertiary/aromatic N) is 1. The Morgan fingerprint density at radius 2 is 1.51 bits per heavy atom. The summed E-state index contributed by atoms with van der Waals surface area (Å²) in [7, 11) is 0. The Balaban J connectivity index is 5.21. The van der Waals surface area contributed by atoms with Crippen LogP contribution in [0.15, 0.2) is 4.99 Å². The molecule has 0 aliphatic carbocycles. The van der Waals surface area contributed by atoms with Gasteiger partial charge in [0.2, 0.25) is 17.7 Å². The highest BCUT2D eigenvalue weighted by atomic mass is 16.4. The third-order valence-corrected chi connectivity index (χ3v) is 5.17. The second kappa shape index (κ2) is 16.2. The molecule has 0 saturated carbocycles. The van der Waals surface area contributed by atoms with E-state index in [1.807, 2.05) is 0 Å². The molecule has 15 nitrogen and oxygen atoms in total. The van der Waals surface area contributed by atoms with E-state index in [9.17, 15) is 34.2 Å². The van der Waals surface area contributed by atoms with E-state index >= 15 is 0 Å². The molecule has 0 bridgehead atoms. The van der Waals surface area contributed by atoms with Crippen molar-refractivity contribution in [3.05, 3.63) is 0 Å². The summed E-state index contributed by atoms with van der Waals surface area (Å²) in [5.74, 6) is -5.61. The van der Waals surface area contributed by atoms with Gasteiger partial charge in [-0.3, -0.25) is 24.2 Å². The molecule has 0 aromatic heterocycles. The molecule has 12 N–H and O–H groups in total. The Morgan fingerprint density at radius 3 is 2.00 bits per heavy atom. The van der Waals surface area contributed by atoms with Crippen molar-refractivity contribution < 1.29 is 39.3 Å². The van der Waals surface area contributed by atoms with E-state index in [0.717, 1.165) is 0 Å². The number of carbonyl (C=O) groups is 5. The summed E-state index contributed by atoms with van der Waals surface area (Å²) in [6.45, 7) is 2.88. The van der Waals surface area contributed by atoms with Crippen LogP contribution in [0, 0.1) is 5.92 Å². The lowest BCUT2D eigenvalue weighted by molar-refractivity contribution is -0.143. The molecule has 0 aromatic rings. The van der Waals surface area contributed by atoms with Crippen molar-refractivity contribution in [1.29, 1.82) is 0 Å². The number of carboxylic acids is 2. The molecule has 0 aliphatic heterocycles. The summed E-state index contributed by atoms with van der Waals surface area (Å²) in [4.78, 5) is 63.5. The number of hydrogen-bond acceptors (Lipinski definition) is 8. The average molecular weight is 504 g/mol. The molecular weight excluding hydrogens is 466 g/mol. The molecule has 3 amide bonds. The van der Waals surface area contributed by atoms with Gasteiger partial charge in [-0.2, -0.15) is 0 Å². The number of nitrogens with one attached hydrogen (secondary N) is 3. The molecule has 0 radical (unpaired) electrons. The number of rotatable bonds is 17. The monoisotopic (exact) mass is 503 g/mol. The first-order valence-electron chi connectivity index (χ1n) is 11.1. The van der Waals surface area contributed by atoms with E-state index < -0.39 is 73.3 Å². The molecule has 0 aliphatic rings. The van der Waals surface area contributed by atoms with Gasteiger partial charge in [0.1, 0.15) is 18.1 Å². The van der Waals surface area contributed by atoms with Crippen LogP contribution in [0.25, 0.3) is 0 Å². The predicted octanol–water partition coefficient (Wildman–Crippen LogP) is -3.19. The largest absolute Gasteiger partial charge is 0.481 e. The number of aliphatic hydroxyl groups excluding tert-OH is 1. The number of nitrogens with two attached hydrogens (primary N) is 3. The van der Waals surface area contributed by atoms with Crippen LogP contribution >= 0.6 is 0 Å². The fourth-order valence-electron chi connectivity index (χ4n) is 2.87. The number of guanidine groups is 1. The lowest BCUT2D eigenvalue weighted by atomic mass is 9.97. The van der Waals surface area contributed by atoms with E-state index in [0.29, 0.717) is 12.8 Å². The number of carbonyl (C=O) groups excluding carboxylic acids is 3. The van der Waals surface area contributed by atoms with Gasteiger partial charge < -0.3 is 48.5 Å². The van der Waals surface area contributed by atoms with Crippen molar-refractivity contribution in [3.8, 4) is 0 Å². The zero-order valence-corrected chi connectivity index (χ0v) is 19.9. The summed E-state index contributed by atoms with van der Waals surface area (Å²) >= 11 is 0. The SMILES string of the molecule is CC[C@H](C)[C@H](NC(=O)[C@@H](N)CCCN=C(N)N)C(=O)N[C@@H](CO)C(=O)N[C@@H](CCC(=O)O)C(=O)O. The van der Waals surface area contributed by atoms with Gasteiger partial charge in [-0.25, -0.2) is 4.79 Å². The van der Waals surface area contributed by atoms with Crippen LogP contribution in [0.3, 0.4) is 0 Å². The number of carboxylic acid groups (broad SMARTS) is 2. The van der Waals surface area contributed by atoms with Crippen LogP contribution in [-0.2, 0) is 24.0 Å². The Labute approximate surface area is 202 Å². The standard InChI is InChI=1S/C20H37N7O8/c1-3-10(2)15(27-16(31)11(21)5-4-8-24-20(22)23)18(33)26-13(9-28)17(32)25-12(19(34)35)6-7-14(29)30/h10-13,15,28H,3-9,21H2,1-2H3,(H,25,32)(H,26,33)(H,27,31)(H,29,30)(H,34,35)(H4,22,23,24)/t10-,11-,12-,13-,15-/m0/s1. The summed E-state index contributed by atoms with van der Waals surface area (Å²) in [5, 5.41) is 34.4. The zero-order chi connectivity index (χ0) is 27.1. The number of aliphatic carboxylic acids is 2. The first kappa shape index (κ1) is 31.5. The highest BCUT2D eigenvalue weighted by molar-refractivity contribution is 5.94. The van der Waals surface area contributed by atoms with Crippen molar-refractivity contribution >= 4 is 35.6 Å². The van der Waals surface area contributed by atoms with E-state index in [-0.39, 0.29) is 24.8 Å². The van der Waals surface area contributed by atoms with Crippen LogP contribution < -0.4 is 33.2 Å². The fourth-order valence-corrected chi connectivity index (χ4v) is 2.87. The van der Waals surface area contributed by atoms with E-state index in [4.69, 9.17) is 22.3 Å². The summed E-state index contributed by atoms with van der Waals surface area (Å²) in [5.41, 5.74) is 16.3. The number of aliphatic hydroxyl groups is 1. The number of amides is 3. The Morgan fingerprint density at radius 1 is 0.914 bits per heavy atom. The minimum atomic E-state index is -1.54. The van der Waals surface area contributed by atoms with Crippen molar-refractivity contribution in [2.24, 2.45) is 28.1 Å². The Hall–Kier alpha value is -3.46. The highest BCUT2D eigenvalue weighted by Gasteiger charge is 2.32. The van der Waals surface area contributed by atoms with Gasteiger partial charge in [0.15, 0.2) is 5.96 Å². The Bertz CT molecular complexity index is 773. The minimum absolute atomic E-state index is 0.0874. The van der Waals surface area contributed by atoms with Gasteiger partial charge in [-0.05, 0) is 25.2 Å². The van der Waals surface area contributed by atoms with Gasteiger partial charge >= 0.3 is 11.9 Å². The normalized spacial score (nSPS) is 15.0. The topological polar surface area (TPSA) is 273 Å². The number of hydrogen-bond donors (Lipinski definition) is 9. The maximum atomic E-state index is 12.8. The second-order valence-electron chi connectivity index (χ2n) is 8.00. The van der Waals surface area contributed by atoms with Gasteiger partial charge in [0, 0.05) is 13.0 Å². The second-order valence-corrected chi connectivity index (χ2v) is 8.00. The van der Waals surface area contributed by atoms with Crippen LogP contribution in [0.5, 0.6) is 0 Å². The zero-order valence-electron chi connectivity index (χ0n) is 19.9. The summed E-state index contributed by atoms with van der Waals surface area (Å²) < 4.78 is 0. The third-order valence-electron chi connectivity index (χ3n) is 5.17. The van der Waals surface area contributed by atoms with Gasteiger partial charge in [0.25, 0.3) is 0 Å². The molecule has 0 fully saturated rings.